The van der Waals surface area contributed by atoms with Crippen molar-refractivity contribution in [1.29, 1.82) is 0 Å². The Morgan fingerprint density at radius 1 is 1.42 bits per heavy atom. The lowest BCUT2D eigenvalue weighted by molar-refractivity contribution is -0.0474. The van der Waals surface area contributed by atoms with E-state index in [4.69, 9.17) is 9.47 Å². The van der Waals surface area contributed by atoms with Gasteiger partial charge in [-0.05, 0) is 31.4 Å². The first-order valence-electron chi connectivity index (χ1n) is 6.48. The van der Waals surface area contributed by atoms with Crippen molar-refractivity contribution in [2.45, 2.75) is 32.1 Å². The molecule has 6 nitrogen and oxygen atoms in total. The van der Waals surface area contributed by atoms with Gasteiger partial charge in [-0.3, -0.25) is 0 Å². The van der Waals surface area contributed by atoms with Crippen molar-refractivity contribution in [2.24, 2.45) is 0 Å². The number of benzene rings is 1. The van der Waals surface area contributed by atoms with Gasteiger partial charge in [0, 0.05) is 12.2 Å². The number of aliphatic hydroxyl groups excluding tert-OH is 1. The number of aromatic nitrogens is 3. The van der Waals surface area contributed by atoms with Crippen LogP contribution in [-0.2, 0) is 11.3 Å². The minimum atomic E-state index is -0.120. The molecule has 102 valence electrons. The fraction of sp³-hybridized carbons (Fsp3) is 0.538. The number of hydrogen-bond acceptors (Lipinski definition) is 5. The molecule has 1 aliphatic rings. The number of methoxy groups -OCH3 is 1. The zero-order valence-corrected chi connectivity index (χ0v) is 10.9. The van der Waals surface area contributed by atoms with E-state index in [1.807, 2.05) is 6.07 Å². The number of rotatable bonds is 3. The summed E-state index contributed by atoms with van der Waals surface area (Å²) in [7, 11) is 1.58. The fourth-order valence-corrected chi connectivity index (χ4v) is 2.41. The van der Waals surface area contributed by atoms with Crippen molar-refractivity contribution in [3.05, 3.63) is 17.7 Å². The van der Waals surface area contributed by atoms with Crippen LogP contribution in [0.15, 0.2) is 12.1 Å². The van der Waals surface area contributed by atoms with Crippen LogP contribution in [0, 0.1) is 0 Å². The molecule has 0 bridgehead atoms. The van der Waals surface area contributed by atoms with Crippen molar-refractivity contribution >= 4 is 11.0 Å². The normalized spacial score (nSPS) is 19.8. The average Bonchev–Trinajstić information content (AvgIpc) is 2.91. The molecule has 3 rings (SSSR count). The van der Waals surface area contributed by atoms with E-state index in [0.717, 1.165) is 31.4 Å². The van der Waals surface area contributed by atoms with Crippen molar-refractivity contribution in [3.8, 4) is 5.75 Å². The van der Waals surface area contributed by atoms with Gasteiger partial charge in [-0.25, -0.2) is 0 Å². The molecule has 6 heteroatoms. The maximum Gasteiger partial charge on any atom is 0.169 e. The molecule has 1 N–H and O–H groups in total. The van der Waals surface area contributed by atoms with Gasteiger partial charge in [0.15, 0.2) is 6.23 Å². The summed E-state index contributed by atoms with van der Waals surface area (Å²) in [6.07, 6.45) is 3.04. The van der Waals surface area contributed by atoms with Crippen LogP contribution < -0.4 is 4.74 Å². The van der Waals surface area contributed by atoms with E-state index in [1.54, 1.807) is 18.0 Å². The van der Waals surface area contributed by atoms with Crippen LogP contribution in [0.2, 0.25) is 0 Å². The summed E-state index contributed by atoms with van der Waals surface area (Å²) in [5, 5.41) is 18.4. The van der Waals surface area contributed by atoms with E-state index in [9.17, 15) is 5.11 Å². The predicted molar refractivity (Wildman–Crippen MR) is 68.8 cm³/mol. The predicted octanol–water partition coefficient (Wildman–Crippen LogP) is 1.63. The van der Waals surface area contributed by atoms with Crippen molar-refractivity contribution in [2.75, 3.05) is 13.7 Å². The summed E-state index contributed by atoms with van der Waals surface area (Å²) in [4.78, 5) is 1.61. The van der Waals surface area contributed by atoms with Gasteiger partial charge >= 0.3 is 0 Å². The average molecular weight is 263 g/mol. The molecule has 0 aliphatic carbocycles. The molecule has 1 unspecified atom stereocenters. The maximum absolute atomic E-state index is 9.48. The zero-order valence-electron chi connectivity index (χ0n) is 10.9. The van der Waals surface area contributed by atoms with E-state index in [2.05, 4.69) is 10.2 Å². The Morgan fingerprint density at radius 2 is 2.32 bits per heavy atom. The van der Waals surface area contributed by atoms with Crippen molar-refractivity contribution in [1.82, 2.24) is 15.0 Å². The van der Waals surface area contributed by atoms with Crippen LogP contribution in [0.4, 0.5) is 0 Å². The molecule has 0 spiro atoms. The summed E-state index contributed by atoms with van der Waals surface area (Å²) < 4.78 is 10.9. The summed E-state index contributed by atoms with van der Waals surface area (Å²) in [6, 6.07) is 3.65. The van der Waals surface area contributed by atoms with Gasteiger partial charge in [-0.1, -0.05) is 0 Å². The molecule has 0 radical (unpaired) electrons. The minimum Gasteiger partial charge on any atom is -0.496 e. The molecule has 1 fully saturated rings. The molecule has 1 aliphatic heterocycles. The van der Waals surface area contributed by atoms with Crippen molar-refractivity contribution < 1.29 is 14.6 Å². The smallest absolute Gasteiger partial charge is 0.169 e. The van der Waals surface area contributed by atoms with Crippen LogP contribution in [0.25, 0.3) is 11.0 Å². The number of fused-ring (bicyclic) bond motifs is 1. The quantitative estimate of drug-likeness (QED) is 0.911. The van der Waals surface area contributed by atoms with Crippen LogP contribution in [0.3, 0.4) is 0 Å². The second kappa shape index (κ2) is 5.14. The first kappa shape index (κ1) is 12.4. The molecule has 0 amide bonds. The van der Waals surface area contributed by atoms with Crippen LogP contribution >= 0.6 is 0 Å². The highest BCUT2D eigenvalue weighted by molar-refractivity contribution is 5.80. The van der Waals surface area contributed by atoms with Gasteiger partial charge in [0.25, 0.3) is 0 Å². The van der Waals surface area contributed by atoms with Crippen LogP contribution in [0.5, 0.6) is 5.75 Å². The lowest BCUT2D eigenvalue weighted by atomic mass is 10.2. The summed E-state index contributed by atoms with van der Waals surface area (Å²) in [5.74, 6) is 0.631. The second-order valence-electron chi connectivity index (χ2n) is 4.61. The molecule has 1 aromatic carbocycles. The Bertz CT molecular complexity index is 576. The summed E-state index contributed by atoms with van der Waals surface area (Å²) in [5.41, 5.74) is 2.09. The molecule has 1 atom stereocenters. The minimum absolute atomic E-state index is 0.0984. The fourth-order valence-electron chi connectivity index (χ4n) is 2.41. The number of aliphatic hydroxyl groups is 1. The van der Waals surface area contributed by atoms with Crippen LogP contribution in [-0.4, -0.2) is 33.8 Å². The first-order chi connectivity index (χ1) is 9.33. The molecule has 1 saturated heterocycles. The third-order valence-corrected chi connectivity index (χ3v) is 3.42. The van der Waals surface area contributed by atoms with Gasteiger partial charge in [-0.15, -0.1) is 0 Å². The van der Waals surface area contributed by atoms with Gasteiger partial charge in [0.1, 0.15) is 16.8 Å². The second-order valence-corrected chi connectivity index (χ2v) is 4.61. The Morgan fingerprint density at radius 3 is 3.00 bits per heavy atom. The topological polar surface area (TPSA) is 69.4 Å². The van der Waals surface area contributed by atoms with E-state index < -0.39 is 0 Å². The summed E-state index contributed by atoms with van der Waals surface area (Å²) in [6.45, 7) is 0.628. The molecule has 0 saturated carbocycles. The summed E-state index contributed by atoms with van der Waals surface area (Å²) >= 11 is 0. The molecule has 19 heavy (non-hydrogen) atoms. The lowest BCUT2D eigenvalue weighted by Crippen LogP contribution is -2.20. The number of hydrogen-bond donors (Lipinski definition) is 1. The van der Waals surface area contributed by atoms with E-state index in [-0.39, 0.29) is 12.8 Å². The Balaban J connectivity index is 2.04. The highest BCUT2D eigenvalue weighted by atomic mass is 16.5. The lowest BCUT2D eigenvalue weighted by Gasteiger charge is -2.21. The van der Waals surface area contributed by atoms with E-state index >= 15 is 0 Å². The third kappa shape index (κ3) is 2.17. The molecule has 1 aromatic heterocycles. The highest BCUT2D eigenvalue weighted by Crippen LogP contribution is 2.28. The Labute approximate surface area is 110 Å². The van der Waals surface area contributed by atoms with Gasteiger partial charge in [0.2, 0.25) is 0 Å². The highest BCUT2D eigenvalue weighted by Gasteiger charge is 2.20. The first-order valence-corrected chi connectivity index (χ1v) is 6.48. The van der Waals surface area contributed by atoms with E-state index in [1.165, 1.54) is 0 Å². The van der Waals surface area contributed by atoms with Gasteiger partial charge < -0.3 is 14.6 Å². The largest absolute Gasteiger partial charge is 0.496 e. The number of nitrogens with zero attached hydrogens (tertiary/aromatic N) is 3. The molecule has 2 heterocycles. The van der Waals surface area contributed by atoms with Crippen molar-refractivity contribution in [3.63, 3.8) is 0 Å². The van der Waals surface area contributed by atoms with Gasteiger partial charge in [0.05, 0.1) is 13.7 Å². The monoisotopic (exact) mass is 263 g/mol. The molecular formula is C13H17N3O3. The zero-order chi connectivity index (χ0) is 13.2. The Kier molecular flexibility index (Phi) is 3.35. The van der Waals surface area contributed by atoms with Gasteiger partial charge in [-0.2, -0.15) is 15.0 Å². The van der Waals surface area contributed by atoms with Crippen LogP contribution in [0.1, 0.15) is 31.1 Å². The SMILES string of the molecule is COc1ccc2nn(C3CCCCO3)nc2c1CO. The molecule has 2 aromatic rings. The third-order valence-electron chi connectivity index (χ3n) is 3.42. The van der Waals surface area contributed by atoms with E-state index in [0.29, 0.717) is 16.8 Å². The Hall–Kier alpha value is -1.66. The standard InChI is InChI=1S/C13H17N3O3/c1-18-11-6-5-10-13(9(11)8-17)15-16(14-10)12-4-2-3-7-19-12/h5-6,12,17H,2-4,7-8H2,1H3. The molecular weight excluding hydrogens is 246 g/mol. The number of ether oxygens (including phenoxy) is 2. The maximum atomic E-state index is 9.48.